The Labute approximate surface area is 202 Å². The summed E-state index contributed by atoms with van der Waals surface area (Å²) in [5.41, 5.74) is 2.19. The van der Waals surface area contributed by atoms with E-state index in [2.05, 4.69) is 80.7 Å². The Bertz CT molecular complexity index is 943. The maximum atomic E-state index is 6.51. The van der Waals surface area contributed by atoms with Crippen molar-refractivity contribution < 1.29 is 18.6 Å². The number of fused-ring (bicyclic) bond motifs is 1. The molecule has 2 fully saturated rings. The normalized spacial score (nSPS) is 25.4. The molecule has 2 saturated heterocycles. The lowest BCUT2D eigenvalue weighted by Crippen LogP contribution is -2.41. The molecule has 3 aliphatic heterocycles. The second-order valence-electron chi connectivity index (χ2n) is 10.9. The fraction of sp³-hybridized carbons (Fsp3) is 0.667. The van der Waals surface area contributed by atoms with Gasteiger partial charge in [-0.05, 0) is 101 Å². The summed E-state index contributed by atoms with van der Waals surface area (Å²) in [6, 6.07) is 0. The molecule has 0 bridgehead atoms. The van der Waals surface area contributed by atoms with Gasteiger partial charge in [-0.25, -0.2) is 0 Å². The Balaban J connectivity index is 1.89. The molecule has 1 aromatic heterocycles. The van der Waals surface area contributed by atoms with Gasteiger partial charge in [0, 0.05) is 9.55 Å². The fourth-order valence-electron chi connectivity index (χ4n) is 4.04. The first-order chi connectivity index (χ1) is 14.7. The monoisotopic (exact) mass is 474 g/mol. The Kier molecular flexibility index (Phi) is 6.18. The van der Waals surface area contributed by atoms with Crippen molar-refractivity contribution in [2.75, 3.05) is 0 Å². The zero-order valence-electron chi connectivity index (χ0n) is 21.2. The van der Waals surface area contributed by atoms with E-state index in [9.17, 15) is 0 Å². The van der Waals surface area contributed by atoms with Gasteiger partial charge in [0.1, 0.15) is 0 Å². The molecule has 174 valence electrons. The van der Waals surface area contributed by atoms with Crippen LogP contribution in [0.2, 0.25) is 0 Å². The number of rotatable bonds is 4. The van der Waals surface area contributed by atoms with Crippen molar-refractivity contribution in [2.45, 2.75) is 104 Å². The summed E-state index contributed by atoms with van der Waals surface area (Å²) >= 11 is 3.54. The van der Waals surface area contributed by atoms with E-state index in [0.717, 1.165) is 22.4 Å². The summed E-state index contributed by atoms with van der Waals surface area (Å²) in [5.74, 6) is 0. The number of thioether (sulfide) groups is 1. The molecule has 3 aliphatic rings. The molecule has 0 aliphatic carbocycles. The van der Waals surface area contributed by atoms with Gasteiger partial charge in [-0.1, -0.05) is 13.8 Å². The van der Waals surface area contributed by atoms with Crippen molar-refractivity contribution in [1.29, 1.82) is 0 Å². The highest BCUT2D eigenvalue weighted by atomic mass is 32.2. The van der Waals surface area contributed by atoms with Crippen molar-refractivity contribution >= 4 is 58.5 Å². The lowest BCUT2D eigenvalue weighted by atomic mass is 9.77. The van der Waals surface area contributed by atoms with Gasteiger partial charge in [0.2, 0.25) is 0 Å². The summed E-state index contributed by atoms with van der Waals surface area (Å²) in [7, 11) is -0.822. The van der Waals surface area contributed by atoms with Crippen LogP contribution in [0.25, 0.3) is 11.6 Å². The summed E-state index contributed by atoms with van der Waals surface area (Å²) < 4.78 is 28.3. The number of hydrogen-bond acceptors (Lipinski definition) is 6. The van der Waals surface area contributed by atoms with Crippen molar-refractivity contribution in [3.63, 3.8) is 0 Å². The van der Waals surface area contributed by atoms with E-state index in [0.29, 0.717) is 0 Å². The molecule has 4 rings (SSSR count). The molecule has 0 spiro atoms. The predicted molar refractivity (Wildman–Crippen MR) is 140 cm³/mol. The van der Waals surface area contributed by atoms with Crippen LogP contribution >= 0.6 is 23.1 Å². The lowest BCUT2D eigenvalue weighted by molar-refractivity contribution is 0.00578. The highest BCUT2D eigenvalue weighted by molar-refractivity contribution is 8.06. The first-order valence-electron chi connectivity index (χ1n) is 11.7. The van der Waals surface area contributed by atoms with Crippen LogP contribution in [-0.4, -0.2) is 36.6 Å². The number of thiophene rings is 1. The minimum atomic E-state index is -0.412. The summed E-state index contributed by atoms with van der Waals surface area (Å²) in [6.45, 7) is 21.3. The van der Waals surface area contributed by atoms with Gasteiger partial charge in [0.05, 0.1) is 22.4 Å². The Morgan fingerprint density at radius 3 is 1.62 bits per heavy atom. The fourth-order valence-corrected chi connectivity index (χ4v) is 6.21. The van der Waals surface area contributed by atoms with Crippen LogP contribution in [0.1, 0.15) is 93.2 Å². The molecule has 0 amide bonds. The minimum Gasteiger partial charge on any atom is -0.399 e. The molecule has 0 N–H and O–H groups in total. The Morgan fingerprint density at radius 2 is 1.19 bits per heavy atom. The Morgan fingerprint density at radius 1 is 0.719 bits per heavy atom. The number of allylic oxidation sites excluding steroid dienone is 2. The lowest BCUT2D eigenvalue weighted by Gasteiger charge is -2.32. The van der Waals surface area contributed by atoms with Crippen LogP contribution in [0.3, 0.4) is 0 Å². The van der Waals surface area contributed by atoms with Crippen LogP contribution in [0.5, 0.6) is 0 Å². The molecule has 0 saturated carbocycles. The van der Waals surface area contributed by atoms with E-state index < -0.39 is 14.2 Å². The van der Waals surface area contributed by atoms with Gasteiger partial charge < -0.3 is 18.6 Å². The second-order valence-corrected chi connectivity index (χ2v) is 13.0. The molecular weight excluding hydrogens is 438 g/mol. The molecule has 32 heavy (non-hydrogen) atoms. The summed E-state index contributed by atoms with van der Waals surface area (Å²) in [6.07, 6.45) is 4.25. The molecule has 0 radical (unpaired) electrons. The van der Waals surface area contributed by atoms with Crippen LogP contribution in [0.4, 0.5) is 0 Å². The third-order valence-corrected chi connectivity index (χ3v) is 10.0. The SMILES string of the molecule is CCC1=Cc2c(B3OC(C)(C)C(C)(C)O3)sc(B3OC(C)(C)C(C)(C)O3)c2C(CC)=CS1. The van der Waals surface area contributed by atoms with Crippen molar-refractivity contribution in [2.24, 2.45) is 0 Å². The first-order valence-corrected chi connectivity index (χ1v) is 13.4. The second kappa shape index (κ2) is 8.03. The van der Waals surface area contributed by atoms with Crippen molar-refractivity contribution in [3.05, 3.63) is 21.4 Å². The quantitative estimate of drug-likeness (QED) is 0.532. The third kappa shape index (κ3) is 3.89. The maximum Gasteiger partial charge on any atom is 0.506 e. The van der Waals surface area contributed by atoms with E-state index in [1.165, 1.54) is 21.6 Å². The average Bonchev–Trinajstić information content (AvgIpc) is 3.15. The largest absolute Gasteiger partial charge is 0.506 e. The predicted octanol–water partition coefficient (Wildman–Crippen LogP) is 5.60. The van der Waals surface area contributed by atoms with E-state index in [-0.39, 0.29) is 22.4 Å². The van der Waals surface area contributed by atoms with E-state index in [4.69, 9.17) is 18.6 Å². The van der Waals surface area contributed by atoms with Gasteiger partial charge in [-0.15, -0.1) is 11.8 Å². The van der Waals surface area contributed by atoms with Crippen molar-refractivity contribution in [3.8, 4) is 0 Å². The minimum absolute atomic E-state index is 0.390. The topological polar surface area (TPSA) is 36.9 Å². The van der Waals surface area contributed by atoms with Gasteiger partial charge >= 0.3 is 14.2 Å². The van der Waals surface area contributed by atoms with Crippen LogP contribution in [0, 0.1) is 0 Å². The number of hydrogen-bond donors (Lipinski definition) is 0. The van der Waals surface area contributed by atoms with Crippen LogP contribution in [-0.2, 0) is 18.6 Å². The smallest absolute Gasteiger partial charge is 0.399 e. The molecule has 0 unspecified atom stereocenters. The molecule has 8 heteroatoms. The first kappa shape index (κ1) is 24.6. The van der Waals surface area contributed by atoms with Gasteiger partial charge in [-0.2, -0.15) is 11.3 Å². The van der Waals surface area contributed by atoms with Crippen LogP contribution in [0.15, 0.2) is 10.3 Å². The van der Waals surface area contributed by atoms with Crippen LogP contribution < -0.4 is 9.55 Å². The summed E-state index contributed by atoms with van der Waals surface area (Å²) in [5, 5.41) is 2.30. The van der Waals surface area contributed by atoms with E-state index in [1.54, 1.807) is 11.3 Å². The molecule has 0 aromatic carbocycles. The molecule has 0 atom stereocenters. The van der Waals surface area contributed by atoms with E-state index in [1.807, 2.05) is 11.8 Å². The molecule has 4 nitrogen and oxygen atoms in total. The van der Waals surface area contributed by atoms with Crippen molar-refractivity contribution in [1.82, 2.24) is 0 Å². The standard InChI is InChI=1S/C24H36B2O4S2/c1-11-15-14-31-16(12-2)13-17-18(15)20(26-29-23(7,8)24(9,10)30-26)32-19(17)25-27-21(3,4)22(5,6)28-25/h13-14H,11-12H2,1-10H3. The van der Waals surface area contributed by atoms with Gasteiger partial charge in [0.15, 0.2) is 0 Å². The third-order valence-electron chi connectivity index (χ3n) is 7.64. The molecular formula is C24H36B2O4S2. The van der Waals surface area contributed by atoms with Gasteiger partial charge in [0.25, 0.3) is 0 Å². The van der Waals surface area contributed by atoms with E-state index >= 15 is 0 Å². The average molecular weight is 474 g/mol. The Hall–Kier alpha value is -0.500. The molecule has 1 aromatic rings. The summed E-state index contributed by atoms with van der Waals surface area (Å²) in [4.78, 5) is 1.34. The zero-order valence-corrected chi connectivity index (χ0v) is 22.8. The highest BCUT2D eigenvalue weighted by Crippen LogP contribution is 2.42. The van der Waals surface area contributed by atoms with Gasteiger partial charge in [-0.3, -0.25) is 0 Å². The highest BCUT2D eigenvalue weighted by Gasteiger charge is 2.56. The maximum absolute atomic E-state index is 6.51. The molecule has 4 heterocycles. The zero-order chi connectivity index (χ0) is 23.7.